The summed E-state index contributed by atoms with van der Waals surface area (Å²) in [5.74, 6) is 0.474. The van der Waals surface area contributed by atoms with Crippen molar-refractivity contribution >= 4 is 22.9 Å². The van der Waals surface area contributed by atoms with Gasteiger partial charge in [0.1, 0.15) is 0 Å². The number of hydrogen-bond donors (Lipinski definition) is 2. The summed E-state index contributed by atoms with van der Waals surface area (Å²) in [7, 11) is 0. The van der Waals surface area contributed by atoms with Crippen molar-refractivity contribution in [1.82, 2.24) is 10.3 Å². The number of anilines is 1. The van der Waals surface area contributed by atoms with Crippen LogP contribution in [0.4, 0.5) is 5.69 Å². The van der Waals surface area contributed by atoms with Gasteiger partial charge in [0.15, 0.2) is 0 Å². The molecule has 5 heteroatoms. The number of aromatic nitrogens is 1. The number of amides is 1. The molecule has 2 fully saturated rings. The van der Waals surface area contributed by atoms with Gasteiger partial charge in [0, 0.05) is 34.2 Å². The molecular formula is C24H23N3OS. The topological polar surface area (TPSA) is 54.0 Å². The summed E-state index contributed by atoms with van der Waals surface area (Å²) in [4.78, 5) is 17.2. The summed E-state index contributed by atoms with van der Waals surface area (Å²) in [6.07, 6.45) is 5.88. The van der Waals surface area contributed by atoms with Crippen molar-refractivity contribution < 1.29 is 4.79 Å². The molecule has 2 unspecified atom stereocenters. The van der Waals surface area contributed by atoms with E-state index in [1.807, 2.05) is 48.7 Å². The molecule has 146 valence electrons. The van der Waals surface area contributed by atoms with Gasteiger partial charge in [-0.05, 0) is 62.2 Å². The average molecular weight is 402 g/mol. The Hall–Kier alpha value is -2.92. The second-order valence-electron chi connectivity index (χ2n) is 7.83. The van der Waals surface area contributed by atoms with Crippen LogP contribution in [-0.2, 0) is 0 Å². The van der Waals surface area contributed by atoms with Crippen molar-refractivity contribution in [2.45, 2.75) is 38.1 Å². The highest BCUT2D eigenvalue weighted by molar-refractivity contribution is 7.09. The molecule has 3 aromatic rings. The number of thiazole rings is 1. The van der Waals surface area contributed by atoms with Gasteiger partial charge in [-0.1, -0.05) is 29.8 Å². The first-order valence-corrected chi connectivity index (χ1v) is 10.9. The van der Waals surface area contributed by atoms with Gasteiger partial charge in [0.2, 0.25) is 0 Å². The van der Waals surface area contributed by atoms with Gasteiger partial charge in [-0.3, -0.25) is 4.79 Å². The third kappa shape index (κ3) is 4.25. The van der Waals surface area contributed by atoms with Gasteiger partial charge in [-0.2, -0.15) is 0 Å². The fraction of sp³-hybridized carbons (Fsp3) is 0.250. The molecule has 2 saturated carbocycles. The first kappa shape index (κ1) is 18.1. The van der Waals surface area contributed by atoms with E-state index in [9.17, 15) is 4.79 Å². The first-order chi connectivity index (χ1) is 14.2. The maximum Gasteiger partial charge on any atom is 0.255 e. The summed E-state index contributed by atoms with van der Waals surface area (Å²) in [5, 5.41) is 9.57. The number of allylic oxidation sites excluding steroid dienone is 1. The number of nitrogens with zero attached hydrogens (tertiary/aromatic N) is 1. The zero-order valence-corrected chi connectivity index (χ0v) is 17.1. The maximum atomic E-state index is 12.7. The Kier molecular flexibility index (Phi) is 4.68. The summed E-state index contributed by atoms with van der Waals surface area (Å²) < 4.78 is 0. The molecule has 2 aliphatic carbocycles. The molecule has 2 atom stereocenters. The van der Waals surface area contributed by atoms with Gasteiger partial charge < -0.3 is 10.6 Å². The highest BCUT2D eigenvalue weighted by Crippen LogP contribution is 2.41. The Morgan fingerprint density at radius 3 is 2.72 bits per heavy atom. The molecule has 1 aromatic heterocycles. The molecule has 2 aromatic carbocycles. The highest BCUT2D eigenvalue weighted by atomic mass is 32.1. The Morgan fingerprint density at radius 1 is 1.17 bits per heavy atom. The molecule has 0 spiro atoms. The number of hydrogen-bond acceptors (Lipinski definition) is 4. The van der Waals surface area contributed by atoms with Crippen molar-refractivity contribution in [3.8, 4) is 11.3 Å². The molecule has 0 radical (unpaired) electrons. The van der Waals surface area contributed by atoms with Crippen LogP contribution < -0.4 is 10.6 Å². The predicted octanol–water partition coefficient (Wildman–Crippen LogP) is 5.49. The standard InChI is InChI=1S/C24H23N3OS/c1-15-26-23(14-29-15)18-3-2-4-19(11-18)24(28)27-20-9-7-17(8-10-20)21-12-22(21)25-13-16-5-6-16/h2-4,7-11,13-14,21-22,25H,5-6,12H2,1H3,(H,27,28). The average Bonchev–Trinajstić information content (AvgIpc) is 3.66. The fourth-order valence-electron chi connectivity index (χ4n) is 3.52. The van der Waals surface area contributed by atoms with Crippen LogP contribution in [-0.4, -0.2) is 16.9 Å². The molecule has 0 bridgehead atoms. The number of benzene rings is 2. The van der Waals surface area contributed by atoms with E-state index in [4.69, 9.17) is 0 Å². The van der Waals surface area contributed by atoms with Gasteiger partial charge in [-0.15, -0.1) is 11.3 Å². The van der Waals surface area contributed by atoms with Crippen LogP contribution in [0.1, 0.15) is 46.1 Å². The van der Waals surface area contributed by atoms with Crippen LogP contribution in [0.3, 0.4) is 0 Å². The SMILES string of the molecule is Cc1nc(-c2cccc(C(=O)Nc3ccc(C4CC4NC=C4CC4)cc3)c2)cs1. The smallest absolute Gasteiger partial charge is 0.255 e. The van der Waals surface area contributed by atoms with Crippen molar-refractivity contribution in [3.05, 3.63) is 81.8 Å². The quantitative estimate of drug-likeness (QED) is 0.574. The normalized spacial score (nSPS) is 19.6. The zero-order valence-electron chi connectivity index (χ0n) is 16.3. The van der Waals surface area contributed by atoms with Gasteiger partial charge >= 0.3 is 0 Å². The second-order valence-corrected chi connectivity index (χ2v) is 8.89. The molecule has 2 aliphatic rings. The largest absolute Gasteiger partial charge is 0.388 e. The lowest BCUT2D eigenvalue weighted by atomic mass is 10.1. The molecule has 29 heavy (non-hydrogen) atoms. The van der Waals surface area contributed by atoms with E-state index in [0.717, 1.165) is 22.0 Å². The molecule has 4 nitrogen and oxygen atoms in total. The summed E-state index contributed by atoms with van der Waals surface area (Å²) in [6, 6.07) is 16.4. The Morgan fingerprint density at radius 2 is 2.00 bits per heavy atom. The number of carbonyl (C=O) groups excluding carboxylic acids is 1. The van der Waals surface area contributed by atoms with Crippen LogP contribution in [0.25, 0.3) is 11.3 Å². The number of carbonyl (C=O) groups is 1. The monoisotopic (exact) mass is 401 g/mol. The lowest BCUT2D eigenvalue weighted by molar-refractivity contribution is 0.102. The molecule has 0 aliphatic heterocycles. The van der Waals surface area contributed by atoms with Crippen LogP contribution in [0.15, 0.2) is 65.7 Å². The third-order valence-electron chi connectivity index (χ3n) is 5.47. The molecule has 1 heterocycles. The number of aryl methyl sites for hydroxylation is 1. The lowest BCUT2D eigenvalue weighted by Gasteiger charge is -2.08. The van der Waals surface area contributed by atoms with E-state index in [-0.39, 0.29) is 5.91 Å². The van der Waals surface area contributed by atoms with E-state index < -0.39 is 0 Å². The van der Waals surface area contributed by atoms with Crippen molar-refractivity contribution in [1.29, 1.82) is 0 Å². The molecule has 0 saturated heterocycles. The molecule has 1 amide bonds. The van der Waals surface area contributed by atoms with E-state index in [1.54, 1.807) is 11.3 Å². The Bertz CT molecular complexity index is 1080. The number of nitrogens with one attached hydrogen (secondary N) is 2. The van der Waals surface area contributed by atoms with E-state index in [1.165, 1.54) is 30.4 Å². The molecule has 5 rings (SSSR count). The second kappa shape index (κ2) is 7.48. The third-order valence-corrected chi connectivity index (χ3v) is 6.24. The summed E-state index contributed by atoms with van der Waals surface area (Å²) in [6.45, 7) is 1.98. The van der Waals surface area contributed by atoms with Crippen LogP contribution in [0.5, 0.6) is 0 Å². The van der Waals surface area contributed by atoms with Crippen LogP contribution in [0, 0.1) is 6.92 Å². The van der Waals surface area contributed by atoms with E-state index >= 15 is 0 Å². The minimum atomic E-state index is -0.103. The lowest BCUT2D eigenvalue weighted by Crippen LogP contribution is -2.12. The summed E-state index contributed by atoms with van der Waals surface area (Å²) >= 11 is 1.61. The van der Waals surface area contributed by atoms with Gasteiger partial charge in [-0.25, -0.2) is 4.98 Å². The highest BCUT2D eigenvalue weighted by Gasteiger charge is 2.37. The Labute approximate surface area is 174 Å². The zero-order chi connectivity index (χ0) is 19.8. The van der Waals surface area contributed by atoms with Crippen molar-refractivity contribution in [3.63, 3.8) is 0 Å². The van der Waals surface area contributed by atoms with Gasteiger partial charge in [0.05, 0.1) is 10.7 Å². The Balaban J connectivity index is 1.22. The van der Waals surface area contributed by atoms with E-state index in [2.05, 4.69) is 34.0 Å². The fourth-order valence-corrected chi connectivity index (χ4v) is 4.14. The van der Waals surface area contributed by atoms with E-state index in [0.29, 0.717) is 17.5 Å². The summed E-state index contributed by atoms with van der Waals surface area (Å²) in [5.41, 5.74) is 6.19. The number of rotatable bonds is 6. The molecular weight excluding hydrogens is 378 g/mol. The van der Waals surface area contributed by atoms with Crippen LogP contribution in [0.2, 0.25) is 0 Å². The minimum absolute atomic E-state index is 0.103. The molecule has 2 N–H and O–H groups in total. The maximum absolute atomic E-state index is 12.7. The van der Waals surface area contributed by atoms with Gasteiger partial charge in [0.25, 0.3) is 5.91 Å². The minimum Gasteiger partial charge on any atom is -0.388 e. The predicted molar refractivity (Wildman–Crippen MR) is 118 cm³/mol. The first-order valence-electron chi connectivity index (χ1n) is 10.0. The van der Waals surface area contributed by atoms with Crippen molar-refractivity contribution in [2.24, 2.45) is 0 Å². The van der Waals surface area contributed by atoms with Crippen molar-refractivity contribution in [2.75, 3.05) is 5.32 Å². The van der Waals surface area contributed by atoms with Crippen LogP contribution >= 0.6 is 11.3 Å².